The van der Waals surface area contributed by atoms with Crippen molar-refractivity contribution in [3.63, 3.8) is 0 Å². The van der Waals surface area contributed by atoms with Crippen LogP contribution in [0.1, 0.15) is 59.8 Å². The third kappa shape index (κ3) is 1.84. The van der Waals surface area contributed by atoms with Gasteiger partial charge in [0, 0.05) is 0 Å². The minimum absolute atomic E-state index is 0.0724. The van der Waals surface area contributed by atoms with E-state index in [0.717, 1.165) is 6.42 Å². The van der Waals surface area contributed by atoms with Crippen LogP contribution in [0.15, 0.2) is 12.7 Å². The Balaban J connectivity index is 2.26. The second-order valence-corrected chi connectivity index (χ2v) is 6.86. The van der Waals surface area contributed by atoms with E-state index < -0.39 is 0 Å². The van der Waals surface area contributed by atoms with Crippen molar-refractivity contribution in [2.75, 3.05) is 0 Å². The molecule has 16 heavy (non-hydrogen) atoms. The second kappa shape index (κ2) is 3.60. The largest absolute Gasteiger partial charge is 0.365 e. The molecule has 0 N–H and O–H groups in total. The third-order valence-corrected chi connectivity index (χ3v) is 5.00. The molecular weight excluding hydrogens is 196 g/mol. The molecule has 1 saturated heterocycles. The van der Waals surface area contributed by atoms with E-state index >= 15 is 0 Å². The monoisotopic (exact) mass is 222 g/mol. The molecule has 0 aromatic carbocycles. The van der Waals surface area contributed by atoms with Gasteiger partial charge in [-0.2, -0.15) is 0 Å². The van der Waals surface area contributed by atoms with E-state index in [-0.39, 0.29) is 11.2 Å². The minimum Gasteiger partial charge on any atom is -0.365 e. The van der Waals surface area contributed by atoms with Crippen LogP contribution >= 0.6 is 0 Å². The van der Waals surface area contributed by atoms with E-state index in [1.807, 2.05) is 6.08 Å². The first kappa shape index (κ1) is 12.2. The SMILES string of the molecule is C=C[C@@]1(C)CC[C@@H]2C(C)(C)CCC[C@@]2(C)O1. The molecule has 0 radical (unpaired) electrons. The van der Waals surface area contributed by atoms with Crippen LogP contribution < -0.4 is 0 Å². The lowest BCUT2D eigenvalue weighted by Crippen LogP contribution is -2.56. The molecule has 0 bridgehead atoms. The van der Waals surface area contributed by atoms with Crippen molar-refractivity contribution in [2.24, 2.45) is 11.3 Å². The van der Waals surface area contributed by atoms with Gasteiger partial charge in [0.25, 0.3) is 0 Å². The van der Waals surface area contributed by atoms with E-state index in [1.165, 1.54) is 25.7 Å². The Hall–Kier alpha value is -0.300. The van der Waals surface area contributed by atoms with Gasteiger partial charge in [-0.05, 0) is 50.9 Å². The first-order valence-corrected chi connectivity index (χ1v) is 6.65. The van der Waals surface area contributed by atoms with E-state index in [1.54, 1.807) is 0 Å². The summed E-state index contributed by atoms with van der Waals surface area (Å²) in [5.41, 5.74) is 0.414. The molecule has 2 fully saturated rings. The van der Waals surface area contributed by atoms with Gasteiger partial charge in [0.1, 0.15) is 0 Å². The second-order valence-electron chi connectivity index (χ2n) is 6.86. The molecule has 0 amide bonds. The standard InChI is InChI=1S/C15H26O/c1-6-14(4)11-8-12-13(2,3)9-7-10-15(12,5)16-14/h6,12H,1,7-11H2,2-5H3/t12-,14+,15-/m1/s1. The van der Waals surface area contributed by atoms with E-state index in [2.05, 4.69) is 34.3 Å². The molecule has 1 saturated carbocycles. The molecule has 1 aliphatic carbocycles. The first-order valence-electron chi connectivity index (χ1n) is 6.65. The van der Waals surface area contributed by atoms with Crippen LogP contribution in [-0.4, -0.2) is 11.2 Å². The highest BCUT2D eigenvalue weighted by Crippen LogP contribution is 2.54. The smallest absolute Gasteiger partial charge is 0.0839 e. The van der Waals surface area contributed by atoms with Gasteiger partial charge < -0.3 is 4.74 Å². The van der Waals surface area contributed by atoms with Gasteiger partial charge in [-0.15, -0.1) is 6.58 Å². The molecule has 0 aromatic rings. The number of hydrogen-bond acceptors (Lipinski definition) is 1. The lowest BCUT2D eigenvalue weighted by Gasteiger charge is -2.57. The predicted molar refractivity (Wildman–Crippen MR) is 68.4 cm³/mol. The van der Waals surface area contributed by atoms with Crippen molar-refractivity contribution >= 4 is 0 Å². The Labute approximate surface area is 100 Å². The summed E-state index contributed by atoms with van der Waals surface area (Å²) in [4.78, 5) is 0. The van der Waals surface area contributed by atoms with E-state index in [9.17, 15) is 0 Å². The van der Waals surface area contributed by atoms with Crippen LogP contribution in [0.2, 0.25) is 0 Å². The minimum atomic E-state index is -0.0985. The summed E-state index contributed by atoms with van der Waals surface area (Å²) in [7, 11) is 0. The van der Waals surface area contributed by atoms with Gasteiger partial charge in [-0.3, -0.25) is 0 Å². The lowest BCUT2D eigenvalue weighted by atomic mass is 9.58. The van der Waals surface area contributed by atoms with Gasteiger partial charge in [0.2, 0.25) is 0 Å². The van der Waals surface area contributed by atoms with Crippen molar-refractivity contribution in [1.29, 1.82) is 0 Å². The zero-order valence-electron chi connectivity index (χ0n) is 11.3. The van der Waals surface area contributed by atoms with Crippen molar-refractivity contribution in [1.82, 2.24) is 0 Å². The van der Waals surface area contributed by atoms with Gasteiger partial charge in [0.05, 0.1) is 11.2 Å². The normalized spacial score (nSPS) is 47.1. The highest BCUT2D eigenvalue weighted by molar-refractivity contribution is 5.07. The molecule has 1 heteroatoms. The molecule has 2 aliphatic rings. The molecule has 1 aliphatic heterocycles. The topological polar surface area (TPSA) is 9.23 Å². The summed E-state index contributed by atoms with van der Waals surface area (Å²) in [5.74, 6) is 0.710. The predicted octanol–water partition coefficient (Wildman–Crippen LogP) is 4.33. The van der Waals surface area contributed by atoms with Gasteiger partial charge >= 0.3 is 0 Å². The lowest BCUT2D eigenvalue weighted by molar-refractivity contribution is -0.221. The third-order valence-electron chi connectivity index (χ3n) is 5.00. The molecule has 1 heterocycles. The summed E-state index contributed by atoms with van der Waals surface area (Å²) in [6.07, 6.45) is 8.27. The fraction of sp³-hybridized carbons (Fsp3) is 0.867. The maximum absolute atomic E-state index is 6.43. The molecule has 1 nitrogen and oxygen atoms in total. The van der Waals surface area contributed by atoms with Crippen molar-refractivity contribution in [3.05, 3.63) is 12.7 Å². The Kier molecular flexibility index (Phi) is 2.73. The molecular formula is C15H26O. The quantitative estimate of drug-likeness (QED) is 0.600. The number of rotatable bonds is 1. The molecule has 0 unspecified atom stereocenters. The van der Waals surface area contributed by atoms with Crippen LogP contribution in [0.5, 0.6) is 0 Å². The summed E-state index contributed by atoms with van der Waals surface area (Å²) in [6, 6.07) is 0. The zero-order valence-corrected chi connectivity index (χ0v) is 11.3. The summed E-state index contributed by atoms with van der Waals surface area (Å²) < 4.78 is 6.43. The molecule has 3 atom stereocenters. The molecule has 92 valence electrons. The summed E-state index contributed by atoms with van der Waals surface area (Å²) in [5, 5.41) is 0. The molecule has 0 spiro atoms. The Morgan fingerprint density at radius 2 is 1.81 bits per heavy atom. The fourth-order valence-electron chi connectivity index (χ4n) is 4.05. The first-order chi connectivity index (χ1) is 7.31. The number of ether oxygens (including phenoxy) is 1. The average Bonchev–Trinajstić information content (AvgIpc) is 2.15. The number of fused-ring (bicyclic) bond motifs is 1. The highest BCUT2D eigenvalue weighted by atomic mass is 16.5. The highest BCUT2D eigenvalue weighted by Gasteiger charge is 2.52. The average molecular weight is 222 g/mol. The van der Waals surface area contributed by atoms with Gasteiger partial charge in [-0.1, -0.05) is 26.3 Å². The number of hydrogen-bond donors (Lipinski definition) is 0. The summed E-state index contributed by atoms with van der Waals surface area (Å²) in [6.45, 7) is 13.3. The van der Waals surface area contributed by atoms with Crippen LogP contribution in [0.4, 0.5) is 0 Å². The zero-order chi connectivity index (χ0) is 12.0. The van der Waals surface area contributed by atoms with Crippen molar-refractivity contribution in [3.8, 4) is 0 Å². The Bertz CT molecular complexity index is 294. The molecule has 2 rings (SSSR count). The van der Waals surface area contributed by atoms with Crippen LogP contribution in [-0.2, 0) is 4.74 Å². The van der Waals surface area contributed by atoms with Crippen molar-refractivity contribution < 1.29 is 4.74 Å². The fourth-order valence-corrected chi connectivity index (χ4v) is 4.05. The Morgan fingerprint density at radius 1 is 1.12 bits per heavy atom. The van der Waals surface area contributed by atoms with Crippen LogP contribution in [0.3, 0.4) is 0 Å². The maximum atomic E-state index is 6.43. The summed E-state index contributed by atoms with van der Waals surface area (Å²) >= 11 is 0. The van der Waals surface area contributed by atoms with E-state index in [4.69, 9.17) is 4.74 Å². The molecule has 0 aromatic heterocycles. The van der Waals surface area contributed by atoms with Crippen molar-refractivity contribution in [2.45, 2.75) is 71.0 Å². The maximum Gasteiger partial charge on any atom is 0.0839 e. The van der Waals surface area contributed by atoms with Crippen LogP contribution in [0, 0.1) is 11.3 Å². The Morgan fingerprint density at radius 3 is 2.44 bits per heavy atom. The van der Waals surface area contributed by atoms with Gasteiger partial charge in [-0.25, -0.2) is 0 Å². The van der Waals surface area contributed by atoms with E-state index in [0.29, 0.717) is 11.3 Å². The van der Waals surface area contributed by atoms with Crippen LogP contribution in [0.25, 0.3) is 0 Å². The van der Waals surface area contributed by atoms with Gasteiger partial charge in [0.15, 0.2) is 0 Å².